The van der Waals surface area contributed by atoms with Gasteiger partial charge in [-0.3, -0.25) is 19.5 Å². The Labute approximate surface area is 143 Å². The number of oxazole rings is 1. The molecule has 1 fully saturated rings. The number of carbonyl (C=O) groups excluding carboxylic acids is 1. The molecule has 1 aliphatic heterocycles. The number of hydrogen-bond acceptors (Lipinski definition) is 6. The SMILES string of the molecule is NC1CCN(C(=O)CCCn2c(=O)oc3cc([N+](=O)[O-])ccc32)CC1. The fourth-order valence-electron chi connectivity index (χ4n) is 3.08. The van der Waals surface area contributed by atoms with Crippen LogP contribution in [0.2, 0.25) is 0 Å². The van der Waals surface area contributed by atoms with Crippen molar-refractivity contribution >= 4 is 22.7 Å². The van der Waals surface area contributed by atoms with Gasteiger partial charge in [-0.25, -0.2) is 4.79 Å². The lowest BCUT2D eigenvalue weighted by Gasteiger charge is -2.30. The quantitative estimate of drug-likeness (QED) is 0.640. The zero-order valence-corrected chi connectivity index (χ0v) is 13.7. The fraction of sp³-hybridized carbons (Fsp3) is 0.500. The van der Waals surface area contributed by atoms with Crippen molar-refractivity contribution in [2.45, 2.75) is 38.3 Å². The van der Waals surface area contributed by atoms with Gasteiger partial charge in [0, 0.05) is 38.2 Å². The van der Waals surface area contributed by atoms with Crippen LogP contribution < -0.4 is 11.5 Å². The van der Waals surface area contributed by atoms with E-state index in [1.807, 2.05) is 4.90 Å². The smallest absolute Gasteiger partial charge is 0.407 e. The van der Waals surface area contributed by atoms with Gasteiger partial charge in [-0.15, -0.1) is 0 Å². The highest BCUT2D eigenvalue weighted by molar-refractivity contribution is 5.77. The average molecular weight is 348 g/mol. The molecule has 1 saturated heterocycles. The predicted molar refractivity (Wildman–Crippen MR) is 90.2 cm³/mol. The predicted octanol–water partition coefficient (Wildman–Crippen LogP) is 1.23. The normalized spacial score (nSPS) is 15.6. The van der Waals surface area contributed by atoms with Crippen LogP contribution in [0.15, 0.2) is 27.4 Å². The second kappa shape index (κ2) is 7.06. The van der Waals surface area contributed by atoms with Crippen LogP contribution in [-0.2, 0) is 11.3 Å². The number of nitrogens with zero attached hydrogens (tertiary/aromatic N) is 3. The topological polar surface area (TPSA) is 125 Å². The number of carbonyl (C=O) groups is 1. The third-order valence-electron chi connectivity index (χ3n) is 4.53. The number of hydrogen-bond donors (Lipinski definition) is 1. The van der Waals surface area contributed by atoms with Crippen LogP contribution >= 0.6 is 0 Å². The number of piperidine rings is 1. The van der Waals surface area contributed by atoms with Crippen LogP contribution in [-0.4, -0.2) is 39.4 Å². The minimum absolute atomic E-state index is 0.0587. The minimum atomic E-state index is -0.577. The first kappa shape index (κ1) is 17.2. The summed E-state index contributed by atoms with van der Waals surface area (Å²) in [7, 11) is 0. The van der Waals surface area contributed by atoms with Gasteiger partial charge in [0.2, 0.25) is 5.91 Å². The minimum Gasteiger partial charge on any atom is -0.407 e. The summed E-state index contributed by atoms with van der Waals surface area (Å²) in [5, 5.41) is 10.8. The Balaban J connectivity index is 1.63. The Kier molecular flexibility index (Phi) is 4.84. The van der Waals surface area contributed by atoms with Crippen LogP contribution in [0.3, 0.4) is 0 Å². The van der Waals surface area contributed by atoms with Crippen molar-refractivity contribution in [3.63, 3.8) is 0 Å². The molecule has 134 valence electrons. The van der Waals surface area contributed by atoms with Crippen LogP contribution in [0.5, 0.6) is 0 Å². The zero-order valence-electron chi connectivity index (χ0n) is 13.7. The molecule has 9 heteroatoms. The van der Waals surface area contributed by atoms with E-state index in [-0.39, 0.29) is 23.2 Å². The highest BCUT2D eigenvalue weighted by Crippen LogP contribution is 2.20. The van der Waals surface area contributed by atoms with Gasteiger partial charge in [-0.05, 0) is 25.3 Å². The summed E-state index contributed by atoms with van der Waals surface area (Å²) < 4.78 is 6.47. The van der Waals surface area contributed by atoms with E-state index in [0.717, 1.165) is 12.8 Å². The lowest BCUT2D eigenvalue weighted by atomic mass is 10.1. The Morgan fingerprint density at radius 2 is 2.08 bits per heavy atom. The van der Waals surface area contributed by atoms with E-state index in [1.165, 1.54) is 22.8 Å². The first-order chi connectivity index (χ1) is 12.0. The number of rotatable bonds is 5. The fourth-order valence-corrected chi connectivity index (χ4v) is 3.08. The molecule has 0 saturated carbocycles. The number of nitro benzene ring substituents is 1. The van der Waals surface area contributed by atoms with Gasteiger partial charge in [0.1, 0.15) is 0 Å². The van der Waals surface area contributed by atoms with E-state index in [9.17, 15) is 19.7 Å². The Morgan fingerprint density at radius 1 is 1.36 bits per heavy atom. The van der Waals surface area contributed by atoms with Gasteiger partial charge in [0.05, 0.1) is 16.5 Å². The van der Waals surface area contributed by atoms with Gasteiger partial charge in [-0.2, -0.15) is 0 Å². The summed E-state index contributed by atoms with van der Waals surface area (Å²) in [6, 6.07) is 4.22. The molecule has 1 aromatic carbocycles. The number of likely N-dealkylation sites (tertiary alicyclic amines) is 1. The molecule has 1 aliphatic rings. The lowest BCUT2D eigenvalue weighted by molar-refractivity contribution is -0.384. The molecular weight excluding hydrogens is 328 g/mol. The largest absolute Gasteiger partial charge is 0.419 e. The van der Waals surface area contributed by atoms with E-state index < -0.39 is 10.7 Å². The van der Waals surface area contributed by atoms with Gasteiger partial charge in [0.15, 0.2) is 5.58 Å². The molecule has 2 heterocycles. The van der Waals surface area contributed by atoms with E-state index in [0.29, 0.717) is 38.0 Å². The second-order valence-electron chi connectivity index (χ2n) is 6.25. The Hall–Kier alpha value is -2.68. The van der Waals surface area contributed by atoms with Gasteiger partial charge in [-0.1, -0.05) is 0 Å². The molecule has 25 heavy (non-hydrogen) atoms. The van der Waals surface area contributed by atoms with Gasteiger partial charge in [0.25, 0.3) is 5.69 Å². The molecule has 2 aromatic rings. The number of nitro groups is 1. The third kappa shape index (κ3) is 3.71. The number of aryl methyl sites for hydroxylation is 1. The molecule has 0 spiro atoms. The summed E-state index contributed by atoms with van der Waals surface area (Å²) in [6.45, 7) is 1.68. The number of non-ortho nitro benzene ring substituents is 1. The lowest BCUT2D eigenvalue weighted by Crippen LogP contribution is -2.42. The van der Waals surface area contributed by atoms with Crippen LogP contribution in [0.25, 0.3) is 11.1 Å². The van der Waals surface area contributed by atoms with E-state index in [4.69, 9.17) is 10.2 Å². The highest BCUT2D eigenvalue weighted by atomic mass is 16.6. The number of fused-ring (bicyclic) bond motifs is 1. The third-order valence-corrected chi connectivity index (χ3v) is 4.53. The molecule has 1 aromatic heterocycles. The first-order valence-electron chi connectivity index (χ1n) is 8.27. The van der Waals surface area contributed by atoms with Crippen LogP contribution in [0.1, 0.15) is 25.7 Å². The maximum absolute atomic E-state index is 12.2. The van der Waals surface area contributed by atoms with Gasteiger partial charge >= 0.3 is 5.76 Å². The molecule has 9 nitrogen and oxygen atoms in total. The highest BCUT2D eigenvalue weighted by Gasteiger charge is 2.20. The van der Waals surface area contributed by atoms with Crippen molar-refractivity contribution in [1.82, 2.24) is 9.47 Å². The molecular formula is C16H20N4O5. The Morgan fingerprint density at radius 3 is 2.76 bits per heavy atom. The molecule has 0 unspecified atom stereocenters. The van der Waals surface area contributed by atoms with Crippen LogP contribution in [0.4, 0.5) is 5.69 Å². The molecule has 0 bridgehead atoms. The van der Waals surface area contributed by atoms with E-state index in [1.54, 1.807) is 0 Å². The van der Waals surface area contributed by atoms with Crippen LogP contribution in [0, 0.1) is 10.1 Å². The standard InChI is InChI=1S/C16H20N4O5/c17-11-5-8-18(9-6-11)15(21)2-1-7-19-13-4-3-12(20(23)24)10-14(13)25-16(19)22/h3-4,10-11H,1-2,5-9,17H2. The number of benzene rings is 1. The maximum Gasteiger partial charge on any atom is 0.419 e. The van der Waals surface area contributed by atoms with Crippen molar-refractivity contribution in [3.05, 3.63) is 38.9 Å². The number of amides is 1. The zero-order chi connectivity index (χ0) is 18.0. The second-order valence-corrected chi connectivity index (χ2v) is 6.25. The molecule has 0 atom stereocenters. The first-order valence-corrected chi connectivity index (χ1v) is 8.27. The molecule has 2 N–H and O–H groups in total. The van der Waals surface area contributed by atoms with Crippen molar-refractivity contribution < 1.29 is 14.1 Å². The average Bonchev–Trinajstić information content (AvgIpc) is 2.90. The van der Waals surface area contributed by atoms with Crippen molar-refractivity contribution in [1.29, 1.82) is 0 Å². The summed E-state index contributed by atoms with van der Waals surface area (Å²) in [5.74, 6) is -0.518. The summed E-state index contributed by atoms with van der Waals surface area (Å²) in [4.78, 5) is 36.2. The summed E-state index contributed by atoms with van der Waals surface area (Å²) in [6.07, 6.45) is 2.46. The van der Waals surface area contributed by atoms with Crippen molar-refractivity contribution in [2.75, 3.05) is 13.1 Å². The number of nitrogens with two attached hydrogens (primary N) is 1. The molecule has 1 amide bonds. The molecule has 3 rings (SSSR count). The molecule has 0 aliphatic carbocycles. The van der Waals surface area contributed by atoms with Crippen molar-refractivity contribution in [3.8, 4) is 0 Å². The monoisotopic (exact) mass is 348 g/mol. The number of aromatic nitrogens is 1. The van der Waals surface area contributed by atoms with E-state index >= 15 is 0 Å². The molecule has 0 radical (unpaired) electrons. The summed E-state index contributed by atoms with van der Waals surface area (Å²) >= 11 is 0. The van der Waals surface area contributed by atoms with E-state index in [2.05, 4.69) is 0 Å². The van der Waals surface area contributed by atoms with Gasteiger partial charge < -0.3 is 15.1 Å². The Bertz CT molecular complexity index is 848. The summed E-state index contributed by atoms with van der Waals surface area (Å²) in [5.41, 5.74) is 6.37. The van der Waals surface area contributed by atoms with Crippen molar-refractivity contribution in [2.24, 2.45) is 5.73 Å². The maximum atomic E-state index is 12.2.